The van der Waals surface area contributed by atoms with Gasteiger partial charge in [-0.25, -0.2) is 17.6 Å². The first kappa shape index (κ1) is 16.2. The highest BCUT2D eigenvalue weighted by Gasteiger charge is 2.31. The lowest BCUT2D eigenvalue weighted by atomic mass is 9.82. The molecular formula is C11H14ClF4N. The molecule has 0 amide bonds. The number of hydrogen-bond donors (Lipinski definition) is 1. The molecule has 6 heteroatoms. The third-order valence-electron chi connectivity index (χ3n) is 2.39. The molecule has 2 N–H and O–H groups in total. The Balaban J connectivity index is 0.00000256. The fraction of sp³-hybridized carbons (Fsp3) is 0.455. The minimum absolute atomic E-state index is 0. The van der Waals surface area contributed by atoms with E-state index in [9.17, 15) is 17.6 Å². The Hall–Kier alpha value is -0.810. The van der Waals surface area contributed by atoms with Gasteiger partial charge in [-0.3, -0.25) is 0 Å². The van der Waals surface area contributed by atoms with Gasteiger partial charge in [-0.15, -0.1) is 12.4 Å². The van der Waals surface area contributed by atoms with E-state index in [4.69, 9.17) is 5.73 Å². The monoisotopic (exact) mass is 271 g/mol. The molecule has 1 aromatic rings. The van der Waals surface area contributed by atoms with Gasteiger partial charge in [0.2, 0.25) is 0 Å². The van der Waals surface area contributed by atoms with Crippen molar-refractivity contribution in [3.05, 3.63) is 34.9 Å². The van der Waals surface area contributed by atoms with Crippen LogP contribution < -0.4 is 5.73 Å². The predicted molar refractivity (Wildman–Crippen MR) is 59.9 cm³/mol. The van der Waals surface area contributed by atoms with Crippen molar-refractivity contribution in [3.63, 3.8) is 0 Å². The maximum absolute atomic E-state index is 13.4. The molecule has 0 saturated heterocycles. The van der Waals surface area contributed by atoms with Gasteiger partial charge in [0.05, 0.1) is 0 Å². The molecule has 0 fully saturated rings. The van der Waals surface area contributed by atoms with E-state index in [0.717, 1.165) is 0 Å². The normalized spacial score (nSPS) is 13.2. The van der Waals surface area contributed by atoms with Crippen LogP contribution in [0.2, 0.25) is 0 Å². The minimum Gasteiger partial charge on any atom is -0.323 e. The molecule has 1 nitrogen and oxygen atoms in total. The summed E-state index contributed by atoms with van der Waals surface area (Å²) in [6, 6.07) is -0.957. The molecule has 0 saturated carbocycles. The van der Waals surface area contributed by atoms with Gasteiger partial charge in [0.25, 0.3) is 0 Å². The number of nitrogens with two attached hydrogens (primary N) is 1. The quantitative estimate of drug-likeness (QED) is 0.611. The molecule has 0 aliphatic rings. The van der Waals surface area contributed by atoms with Crippen LogP contribution in [0.15, 0.2) is 6.07 Å². The van der Waals surface area contributed by atoms with E-state index in [2.05, 4.69) is 0 Å². The summed E-state index contributed by atoms with van der Waals surface area (Å²) in [5.41, 5.74) is 4.15. The van der Waals surface area contributed by atoms with Crippen molar-refractivity contribution in [2.75, 3.05) is 0 Å². The summed E-state index contributed by atoms with van der Waals surface area (Å²) in [4.78, 5) is 0. The van der Waals surface area contributed by atoms with E-state index in [1.165, 1.54) is 0 Å². The van der Waals surface area contributed by atoms with Crippen LogP contribution in [0.1, 0.15) is 32.4 Å². The van der Waals surface area contributed by atoms with Crippen LogP contribution in [0.3, 0.4) is 0 Å². The zero-order valence-corrected chi connectivity index (χ0v) is 10.5. The number of hydrogen-bond acceptors (Lipinski definition) is 1. The van der Waals surface area contributed by atoms with Crippen molar-refractivity contribution in [3.8, 4) is 0 Å². The van der Waals surface area contributed by atoms with Crippen LogP contribution in [-0.2, 0) is 0 Å². The standard InChI is InChI=1S/C11H13F4N.ClH/c1-11(2,3)10(16)7-8(14)5(12)4-6(13)9(7)15;/h4,10H,16H2,1-3H3;1H/t10-;/m0./s1. The molecule has 98 valence electrons. The van der Waals surface area contributed by atoms with Crippen LogP contribution in [0.25, 0.3) is 0 Å². The van der Waals surface area contributed by atoms with Crippen molar-refractivity contribution in [1.82, 2.24) is 0 Å². The third-order valence-corrected chi connectivity index (χ3v) is 2.39. The Bertz CT molecular complexity index is 389. The molecule has 0 aliphatic carbocycles. The summed E-state index contributed by atoms with van der Waals surface area (Å²) >= 11 is 0. The van der Waals surface area contributed by atoms with E-state index in [0.29, 0.717) is 0 Å². The van der Waals surface area contributed by atoms with Gasteiger partial charge in [-0.2, -0.15) is 0 Å². The number of benzene rings is 1. The zero-order valence-electron chi connectivity index (χ0n) is 9.65. The van der Waals surface area contributed by atoms with Crippen molar-refractivity contribution in [2.24, 2.45) is 11.1 Å². The van der Waals surface area contributed by atoms with Gasteiger partial charge < -0.3 is 5.73 Å². The van der Waals surface area contributed by atoms with Gasteiger partial charge in [-0.1, -0.05) is 20.8 Å². The number of rotatable bonds is 1. The van der Waals surface area contributed by atoms with E-state index in [1.54, 1.807) is 20.8 Å². The average Bonchev–Trinajstić information content (AvgIpc) is 2.13. The van der Waals surface area contributed by atoms with E-state index < -0.39 is 40.3 Å². The molecule has 0 aliphatic heterocycles. The molecule has 0 bridgehead atoms. The smallest absolute Gasteiger partial charge is 0.166 e. The molecule has 0 radical (unpaired) electrons. The topological polar surface area (TPSA) is 26.0 Å². The highest BCUT2D eigenvalue weighted by Crippen LogP contribution is 2.34. The van der Waals surface area contributed by atoms with Gasteiger partial charge in [-0.05, 0) is 5.41 Å². The number of halogens is 5. The van der Waals surface area contributed by atoms with Gasteiger partial charge in [0.1, 0.15) is 0 Å². The Morgan fingerprint density at radius 1 is 1.00 bits per heavy atom. The summed E-state index contributed by atoms with van der Waals surface area (Å²) in [7, 11) is 0. The SMILES string of the molecule is CC(C)(C)[C@@H](N)c1c(F)c(F)cc(F)c1F.Cl. The molecular weight excluding hydrogens is 258 g/mol. The Morgan fingerprint density at radius 2 is 1.35 bits per heavy atom. The molecule has 1 rings (SSSR count). The first-order valence-electron chi connectivity index (χ1n) is 4.74. The Kier molecular flexibility index (Phi) is 4.98. The Labute approximate surface area is 103 Å². The van der Waals surface area contributed by atoms with Crippen LogP contribution >= 0.6 is 12.4 Å². The van der Waals surface area contributed by atoms with Crippen molar-refractivity contribution >= 4 is 12.4 Å². The van der Waals surface area contributed by atoms with E-state index >= 15 is 0 Å². The van der Waals surface area contributed by atoms with E-state index in [1.807, 2.05) is 0 Å². The van der Waals surface area contributed by atoms with Crippen molar-refractivity contribution in [2.45, 2.75) is 26.8 Å². The first-order valence-corrected chi connectivity index (χ1v) is 4.74. The third kappa shape index (κ3) is 3.10. The van der Waals surface area contributed by atoms with Crippen LogP contribution in [0, 0.1) is 28.7 Å². The summed E-state index contributed by atoms with van der Waals surface area (Å²) in [5, 5.41) is 0. The van der Waals surface area contributed by atoms with Gasteiger partial charge in [0.15, 0.2) is 23.3 Å². The van der Waals surface area contributed by atoms with Crippen molar-refractivity contribution < 1.29 is 17.6 Å². The lowest BCUT2D eigenvalue weighted by Crippen LogP contribution is -2.29. The largest absolute Gasteiger partial charge is 0.323 e. The lowest BCUT2D eigenvalue weighted by Gasteiger charge is -2.28. The summed E-state index contributed by atoms with van der Waals surface area (Å²) in [6.07, 6.45) is 0. The minimum atomic E-state index is -1.44. The van der Waals surface area contributed by atoms with Crippen molar-refractivity contribution in [1.29, 1.82) is 0 Å². The second-order valence-electron chi connectivity index (χ2n) is 4.73. The highest BCUT2D eigenvalue weighted by atomic mass is 35.5. The molecule has 17 heavy (non-hydrogen) atoms. The average molecular weight is 272 g/mol. The fourth-order valence-corrected chi connectivity index (χ4v) is 1.30. The summed E-state index contributed by atoms with van der Waals surface area (Å²) in [5.74, 6) is -5.73. The summed E-state index contributed by atoms with van der Waals surface area (Å²) < 4.78 is 52.6. The zero-order chi connectivity index (χ0) is 12.7. The molecule has 0 aromatic heterocycles. The summed E-state index contributed by atoms with van der Waals surface area (Å²) in [6.45, 7) is 4.87. The first-order chi connectivity index (χ1) is 7.16. The molecule has 1 aromatic carbocycles. The molecule has 1 atom stereocenters. The molecule has 0 heterocycles. The Morgan fingerprint density at radius 3 is 1.65 bits per heavy atom. The molecule has 0 spiro atoms. The van der Waals surface area contributed by atoms with Gasteiger partial charge in [0, 0.05) is 17.7 Å². The second-order valence-corrected chi connectivity index (χ2v) is 4.73. The lowest BCUT2D eigenvalue weighted by molar-refractivity contribution is 0.301. The second kappa shape index (κ2) is 5.23. The van der Waals surface area contributed by atoms with Crippen LogP contribution in [0.4, 0.5) is 17.6 Å². The highest BCUT2D eigenvalue weighted by molar-refractivity contribution is 5.85. The molecule has 0 unspecified atom stereocenters. The maximum Gasteiger partial charge on any atom is 0.166 e. The van der Waals surface area contributed by atoms with Gasteiger partial charge >= 0.3 is 0 Å². The maximum atomic E-state index is 13.4. The van der Waals surface area contributed by atoms with E-state index in [-0.39, 0.29) is 18.5 Å². The van der Waals surface area contributed by atoms with Crippen LogP contribution in [0.5, 0.6) is 0 Å². The van der Waals surface area contributed by atoms with Crippen LogP contribution in [-0.4, -0.2) is 0 Å². The fourth-order valence-electron chi connectivity index (χ4n) is 1.30. The predicted octanol–water partition coefficient (Wildman–Crippen LogP) is 3.71.